The Bertz CT molecular complexity index is 756. The van der Waals surface area contributed by atoms with Crippen molar-refractivity contribution in [2.45, 2.75) is 11.8 Å². The van der Waals surface area contributed by atoms with Gasteiger partial charge in [0.25, 0.3) is 0 Å². The molecule has 0 fully saturated rings. The molecule has 0 radical (unpaired) electrons. The van der Waals surface area contributed by atoms with Gasteiger partial charge in [-0.25, -0.2) is 15.0 Å². The molecule has 0 bridgehead atoms. The van der Waals surface area contributed by atoms with E-state index >= 15 is 0 Å². The molecule has 2 heterocycles. The normalized spacial score (nSPS) is 12.5. The van der Waals surface area contributed by atoms with Gasteiger partial charge in [-0.05, 0) is 17.7 Å². The second kappa shape index (κ2) is 5.57. The van der Waals surface area contributed by atoms with E-state index in [1.807, 2.05) is 24.3 Å². The molecule has 7 heteroatoms. The molecule has 108 valence electrons. The molecule has 3 aromatic rings. The van der Waals surface area contributed by atoms with Gasteiger partial charge >= 0.3 is 0 Å². The summed E-state index contributed by atoms with van der Waals surface area (Å²) in [6.45, 7) is 0. The summed E-state index contributed by atoms with van der Waals surface area (Å²) < 4.78 is 5.13. The van der Waals surface area contributed by atoms with Crippen LogP contribution in [-0.2, 0) is 6.42 Å². The topological polar surface area (TPSA) is 89.7 Å². The number of rotatable bonds is 4. The fourth-order valence-corrected chi connectivity index (χ4v) is 2.37. The molecule has 0 aliphatic rings. The van der Waals surface area contributed by atoms with Crippen molar-refractivity contribution in [3.05, 3.63) is 42.0 Å². The van der Waals surface area contributed by atoms with Crippen LogP contribution in [0.5, 0.6) is 5.75 Å². The zero-order valence-corrected chi connectivity index (χ0v) is 12.1. The van der Waals surface area contributed by atoms with E-state index in [1.54, 1.807) is 13.4 Å². The number of aromatic nitrogens is 4. The molecule has 1 aromatic carbocycles. The van der Waals surface area contributed by atoms with Crippen LogP contribution >= 0.6 is 11.6 Å². The number of nitrogens with zero attached hydrogens (tertiary/aromatic N) is 3. The van der Waals surface area contributed by atoms with Crippen LogP contribution in [0.25, 0.3) is 11.2 Å². The number of methoxy groups -OCH3 is 1. The number of hydrogen-bond donors (Lipinski definition) is 2. The zero-order valence-electron chi connectivity index (χ0n) is 11.4. The number of nitrogens with one attached hydrogen (secondary N) is 1. The average Bonchev–Trinajstić information content (AvgIpc) is 2.96. The number of benzene rings is 1. The summed E-state index contributed by atoms with van der Waals surface area (Å²) in [7, 11) is 1.63. The van der Waals surface area contributed by atoms with Crippen LogP contribution in [0.2, 0.25) is 0 Å². The maximum atomic E-state index is 6.42. The zero-order chi connectivity index (χ0) is 14.8. The number of hydrogen-bond acceptors (Lipinski definition) is 5. The molecule has 6 nitrogen and oxygen atoms in total. The quantitative estimate of drug-likeness (QED) is 0.723. The van der Waals surface area contributed by atoms with Crippen molar-refractivity contribution in [2.75, 3.05) is 12.8 Å². The van der Waals surface area contributed by atoms with Gasteiger partial charge < -0.3 is 15.5 Å². The van der Waals surface area contributed by atoms with Crippen molar-refractivity contribution in [1.29, 1.82) is 0 Å². The Hall–Kier alpha value is -2.34. The van der Waals surface area contributed by atoms with Gasteiger partial charge in [-0.15, -0.1) is 11.6 Å². The first-order valence-electron chi connectivity index (χ1n) is 6.41. The molecule has 0 saturated heterocycles. The first kappa shape index (κ1) is 13.6. The van der Waals surface area contributed by atoms with Gasteiger partial charge in [-0.1, -0.05) is 12.1 Å². The smallest absolute Gasteiger partial charge is 0.183 e. The second-order valence-corrected chi connectivity index (χ2v) is 5.10. The maximum absolute atomic E-state index is 6.42. The Morgan fingerprint density at radius 1 is 1.29 bits per heavy atom. The Morgan fingerprint density at radius 3 is 2.76 bits per heavy atom. The summed E-state index contributed by atoms with van der Waals surface area (Å²) in [4.78, 5) is 15.6. The van der Waals surface area contributed by atoms with Gasteiger partial charge in [-0.2, -0.15) is 0 Å². The molecular weight excluding hydrogens is 290 g/mol. The molecule has 2 aromatic heterocycles. The van der Waals surface area contributed by atoms with E-state index < -0.39 is 0 Å². The SMILES string of the molecule is COc1ccc(C(Cl)Cc2nc(N)c3[nH]cnc3n2)cc1. The predicted molar refractivity (Wildman–Crippen MR) is 81.4 cm³/mol. The lowest BCUT2D eigenvalue weighted by Crippen LogP contribution is -2.04. The minimum Gasteiger partial charge on any atom is -0.497 e. The molecule has 0 aliphatic carbocycles. The molecule has 0 saturated carbocycles. The number of nitrogens with two attached hydrogens (primary N) is 1. The second-order valence-electron chi connectivity index (χ2n) is 4.57. The highest BCUT2D eigenvalue weighted by Gasteiger charge is 2.14. The standard InChI is InChI=1S/C14H14ClN5O/c1-21-9-4-2-8(3-5-9)10(15)6-11-19-13(16)12-14(20-11)18-7-17-12/h2-5,7,10H,6H2,1H3,(H3,16,17,18,19,20). The molecule has 3 rings (SSSR count). The van der Waals surface area contributed by atoms with Crippen LogP contribution in [0.4, 0.5) is 5.82 Å². The molecule has 0 spiro atoms. The van der Waals surface area contributed by atoms with Crippen molar-refractivity contribution in [2.24, 2.45) is 0 Å². The number of H-pyrrole nitrogens is 1. The highest BCUT2D eigenvalue weighted by atomic mass is 35.5. The third-order valence-electron chi connectivity index (χ3n) is 3.20. The third-order valence-corrected chi connectivity index (χ3v) is 3.61. The Kier molecular flexibility index (Phi) is 3.62. The van der Waals surface area contributed by atoms with Crippen LogP contribution < -0.4 is 10.5 Å². The van der Waals surface area contributed by atoms with Crippen LogP contribution in [0, 0.1) is 0 Å². The summed E-state index contributed by atoms with van der Waals surface area (Å²) in [6.07, 6.45) is 2.02. The number of fused-ring (bicyclic) bond motifs is 1. The summed E-state index contributed by atoms with van der Waals surface area (Å²) in [5.41, 5.74) is 8.05. The summed E-state index contributed by atoms with van der Waals surface area (Å²) in [5, 5.41) is -0.244. The fourth-order valence-electron chi connectivity index (χ4n) is 2.08. The first-order valence-corrected chi connectivity index (χ1v) is 6.84. The van der Waals surface area contributed by atoms with Gasteiger partial charge in [-0.3, -0.25) is 0 Å². The number of halogens is 1. The lowest BCUT2D eigenvalue weighted by atomic mass is 10.1. The van der Waals surface area contributed by atoms with Gasteiger partial charge in [0.05, 0.1) is 18.8 Å². The highest BCUT2D eigenvalue weighted by molar-refractivity contribution is 6.20. The molecule has 21 heavy (non-hydrogen) atoms. The van der Waals surface area contributed by atoms with E-state index in [0.29, 0.717) is 29.2 Å². The molecule has 0 amide bonds. The summed E-state index contributed by atoms with van der Waals surface area (Å²) in [5.74, 6) is 1.75. The monoisotopic (exact) mass is 303 g/mol. The lowest BCUT2D eigenvalue weighted by molar-refractivity contribution is 0.414. The fraction of sp³-hybridized carbons (Fsp3) is 0.214. The molecule has 1 atom stereocenters. The lowest BCUT2D eigenvalue weighted by Gasteiger charge is -2.10. The van der Waals surface area contributed by atoms with Gasteiger partial charge in [0, 0.05) is 6.42 Å². The van der Waals surface area contributed by atoms with Crippen LogP contribution in [0.1, 0.15) is 16.8 Å². The maximum Gasteiger partial charge on any atom is 0.183 e. The number of ether oxygens (including phenoxy) is 1. The number of alkyl halides is 1. The minimum atomic E-state index is -0.244. The van der Waals surface area contributed by atoms with Crippen LogP contribution in [-0.4, -0.2) is 27.0 Å². The minimum absolute atomic E-state index is 0.244. The van der Waals surface area contributed by atoms with Crippen molar-refractivity contribution in [1.82, 2.24) is 19.9 Å². The molecule has 0 aliphatic heterocycles. The summed E-state index contributed by atoms with van der Waals surface area (Å²) in [6, 6.07) is 7.59. The highest BCUT2D eigenvalue weighted by Crippen LogP contribution is 2.26. The van der Waals surface area contributed by atoms with Crippen molar-refractivity contribution >= 4 is 28.6 Å². The molecule has 1 unspecified atom stereocenters. The summed E-state index contributed by atoms with van der Waals surface area (Å²) >= 11 is 6.42. The van der Waals surface area contributed by atoms with Gasteiger partial charge in [0.2, 0.25) is 0 Å². The molecule has 3 N–H and O–H groups in total. The first-order chi connectivity index (χ1) is 10.2. The molecular formula is C14H14ClN5O. The van der Waals surface area contributed by atoms with E-state index in [9.17, 15) is 0 Å². The van der Waals surface area contributed by atoms with Crippen molar-refractivity contribution in [3.8, 4) is 5.75 Å². The van der Waals surface area contributed by atoms with Crippen molar-refractivity contribution in [3.63, 3.8) is 0 Å². The average molecular weight is 304 g/mol. The van der Waals surface area contributed by atoms with Crippen LogP contribution in [0.3, 0.4) is 0 Å². The number of imidazole rings is 1. The predicted octanol–water partition coefficient (Wildman–Crippen LogP) is 2.47. The number of anilines is 1. The van der Waals surface area contributed by atoms with E-state index in [0.717, 1.165) is 11.3 Å². The Labute approximate surface area is 126 Å². The number of aromatic amines is 1. The van der Waals surface area contributed by atoms with E-state index in [4.69, 9.17) is 22.1 Å². The Balaban J connectivity index is 1.83. The van der Waals surface area contributed by atoms with E-state index in [-0.39, 0.29) is 5.38 Å². The van der Waals surface area contributed by atoms with Crippen molar-refractivity contribution < 1.29 is 4.74 Å². The van der Waals surface area contributed by atoms with Gasteiger partial charge in [0.15, 0.2) is 11.5 Å². The van der Waals surface area contributed by atoms with E-state index in [1.165, 1.54) is 0 Å². The van der Waals surface area contributed by atoms with E-state index in [2.05, 4.69) is 19.9 Å². The third kappa shape index (κ3) is 2.75. The van der Waals surface area contributed by atoms with Crippen LogP contribution in [0.15, 0.2) is 30.6 Å². The Morgan fingerprint density at radius 2 is 2.05 bits per heavy atom. The number of nitrogen functional groups attached to an aromatic ring is 1. The van der Waals surface area contributed by atoms with Gasteiger partial charge in [0.1, 0.15) is 17.1 Å². The largest absolute Gasteiger partial charge is 0.497 e.